The Labute approximate surface area is 137 Å². The Balaban J connectivity index is 1.68. The van der Waals surface area contributed by atoms with E-state index in [4.69, 9.17) is 0 Å². The largest absolute Gasteiger partial charge is 0.435 e. The molecule has 2 fully saturated rings. The third-order valence-electron chi connectivity index (χ3n) is 3.68. The second-order valence-electron chi connectivity index (χ2n) is 5.38. The molecule has 2 aliphatic rings. The fourth-order valence-corrected chi connectivity index (χ4v) is 3.48. The van der Waals surface area contributed by atoms with Crippen LogP contribution in [0.3, 0.4) is 0 Å². The minimum absolute atomic E-state index is 0.0918. The topological polar surface area (TPSA) is 50.7 Å². The third-order valence-corrected chi connectivity index (χ3v) is 4.60. The molecule has 23 heavy (non-hydrogen) atoms. The summed E-state index contributed by atoms with van der Waals surface area (Å²) in [5, 5.41) is 3.41. The normalized spacial score (nSPS) is 22.3. The van der Waals surface area contributed by atoms with Gasteiger partial charge >= 0.3 is 6.61 Å². The molecule has 3 rings (SSSR count). The number of aliphatic imine (C=N–C) groups is 1. The van der Waals surface area contributed by atoms with Crippen LogP contribution in [0.1, 0.15) is 31.2 Å². The zero-order chi connectivity index (χ0) is 16.2. The Morgan fingerprint density at radius 3 is 2.61 bits per heavy atom. The van der Waals surface area contributed by atoms with Gasteiger partial charge in [0.25, 0.3) is 5.91 Å². The van der Waals surface area contributed by atoms with Crippen molar-refractivity contribution in [3.05, 3.63) is 34.7 Å². The van der Waals surface area contributed by atoms with E-state index in [2.05, 4.69) is 15.0 Å². The lowest BCUT2D eigenvalue weighted by Gasteiger charge is -2.04. The first-order valence-corrected chi connectivity index (χ1v) is 8.25. The Morgan fingerprint density at radius 2 is 1.96 bits per heavy atom. The molecule has 1 aromatic carbocycles. The van der Waals surface area contributed by atoms with Crippen LogP contribution < -0.4 is 10.1 Å². The number of nitrogens with zero attached hydrogens (tertiary/aromatic N) is 1. The fraction of sp³-hybridized carbons (Fsp3) is 0.375. The molecule has 0 atom stereocenters. The van der Waals surface area contributed by atoms with Crippen LogP contribution in [0.2, 0.25) is 0 Å². The van der Waals surface area contributed by atoms with E-state index in [0.717, 1.165) is 18.4 Å². The van der Waals surface area contributed by atoms with Crippen LogP contribution in [0.25, 0.3) is 6.08 Å². The van der Waals surface area contributed by atoms with E-state index in [9.17, 15) is 13.6 Å². The number of thioether (sulfide) groups is 1. The summed E-state index contributed by atoms with van der Waals surface area (Å²) in [6, 6.07) is 6.46. The Bertz CT molecular complexity index is 638. The lowest BCUT2D eigenvalue weighted by atomic mass is 10.2. The van der Waals surface area contributed by atoms with Gasteiger partial charge in [0.15, 0.2) is 5.17 Å². The summed E-state index contributed by atoms with van der Waals surface area (Å²) in [5.74, 6) is -0.0891. The zero-order valence-corrected chi connectivity index (χ0v) is 13.1. The van der Waals surface area contributed by atoms with E-state index in [1.54, 1.807) is 18.2 Å². The molecule has 0 aromatic heterocycles. The van der Waals surface area contributed by atoms with Gasteiger partial charge in [-0.15, -0.1) is 0 Å². The first-order valence-electron chi connectivity index (χ1n) is 7.44. The molecule has 1 aliphatic heterocycles. The van der Waals surface area contributed by atoms with Crippen LogP contribution in [0.5, 0.6) is 5.75 Å². The van der Waals surface area contributed by atoms with E-state index in [1.807, 2.05) is 0 Å². The van der Waals surface area contributed by atoms with E-state index >= 15 is 0 Å². The predicted molar refractivity (Wildman–Crippen MR) is 86.5 cm³/mol. The molecule has 0 bridgehead atoms. The highest BCUT2D eigenvalue weighted by atomic mass is 32.2. The molecular weight excluding hydrogens is 322 g/mol. The van der Waals surface area contributed by atoms with Crippen LogP contribution in [0, 0.1) is 0 Å². The summed E-state index contributed by atoms with van der Waals surface area (Å²) in [5.41, 5.74) is 0.742. The van der Waals surface area contributed by atoms with Gasteiger partial charge in [-0.2, -0.15) is 8.78 Å². The van der Waals surface area contributed by atoms with Gasteiger partial charge in [-0.1, -0.05) is 25.0 Å². The van der Waals surface area contributed by atoms with Gasteiger partial charge in [0.05, 0.1) is 10.9 Å². The lowest BCUT2D eigenvalue weighted by molar-refractivity contribution is -0.115. The molecule has 7 heteroatoms. The van der Waals surface area contributed by atoms with E-state index in [0.29, 0.717) is 16.1 Å². The molecule has 0 radical (unpaired) electrons. The summed E-state index contributed by atoms with van der Waals surface area (Å²) in [7, 11) is 0. The van der Waals surface area contributed by atoms with Crippen LogP contribution in [-0.4, -0.2) is 23.7 Å². The predicted octanol–water partition coefficient (Wildman–Crippen LogP) is 3.79. The summed E-state index contributed by atoms with van der Waals surface area (Å²) < 4.78 is 28.5. The molecule has 1 aromatic rings. The molecule has 1 saturated heterocycles. The molecule has 4 nitrogen and oxygen atoms in total. The number of amides is 1. The molecule has 1 N–H and O–H groups in total. The second-order valence-corrected chi connectivity index (χ2v) is 6.42. The number of rotatable bonds is 4. The van der Waals surface area contributed by atoms with Crippen LogP contribution >= 0.6 is 11.8 Å². The molecular formula is C16H16F2N2O2S. The highest BCUT2D eigenvalue weighted by molar-refractivity contribution is 8.18. The number of alkyl halides is 2. The zero-order valence-electron chi connectivity index (χ0n) is 12.3. The van der Waals surface area contributed by atoms with Crippen molar-refractivity contribution in [2.45, 2.75) is 38.3 Å². The van der Waals surface area contributed by atoms with Gasteiger partial charge in [0.1, 0.15) is 5.75 Å². The summed E-state index contributed by atoms with van der Waals surface area (Å²) >= 11 is 1.31. The second kappa shape index (κ2) is 7.12. The van der Waals surface area contributed by atoms with Gasteiger partial charge < -0.3 is 10.1 Å². The van der Waals surface area contributed by atoms with Crippen molar-refractivity contribution < 1.29 is 18.3 Å². The van der Waals surface area contributed by atoms with E-state index < -0.39 is 6.61 Å². The number of carbonyl (C=O) groups is 1. The number of hydrogen-bond acceptors (Lipinski definition) is 4. The quantitative estimate of drug-likeness (QED) is 0.850. The van der Waals surface area contributed by atoms with Crippen LogP contribution in [0.4, 0.5) is 8.78 Å². The van der Waals surface area contributed by atoms with Gasteiger partial charge in [0, 0.05) is 0 Å². The molecule has 1 amide bonds. The smallest absolute Gasteiger partial charge is 0.387 e. The minimum atomic E-state index is -2.84. The Hall–Kier alpha value is -1.89. The van der Waals surface area contributed by atoms with Crippen molar-refractivity contribution in [1.29, 1.82) is 0 Å². The fourth-order valence-electron chi connectivity index (χ4n) is 2.58. The van der Waals surface area contributed by atoms with E-state index in [-0.39, 0.29) is 11.7 Å². The number of benzene rings is 1. The van der Waals surface area contributed by atoms with Crippen LogP contribution in [-0.2, 0) is 4.79 Å². The lowest BCUT2D eigenvalue weighted by Crippen LogP contribution is -2.21. The third kappa shape index (κ3) is 4.31. The average Bonchev–Trinajstić information content (AvgIpc) is 3.12. The van der Waals surface area contributed by atoms with Gasteiger partial charge in [-0.25, -0.2) is 0 Å². The number of carbonyl (C=O) groups excluding carboxylic acids is 1. The van der Waals surface area contributed by atoms with Crippen LogP contribution in [0.15, 0.2) is 34.2 Å². The first-order chi connectivity index (χ1) is 11.1. The molecule has 1 aliphatic carbocycles. The highest BCUT2D eigenvalue weighted by Crippen LogP contribution is 2.29. The molecule has 1 heterocycles. The van der Waals surface area contributed by atoms with Crippen molar-refractivity contribution in [3.8, 4) is 5.75 Å². The number of hydrogen-bond donors (Lipinski definition) is 1. The molecule has 122 valence electrons. The number of halogens is 2. The summed E-state index contributed by atoms with van der Waals surface area (Å²) in [6.45, 7) is -2.84. The average molecular weight is 338 g/mol. The molecule has 0 unspecified atom stereocenters. The van der Waals surface area contributed by atoms with Crippen molar-refractivity contribution in [3.63, 3.8) is 0 Å². The van der Waals surface area contributed by atoms with Crippen molar-refractivity contribution in [2.75, 3.05) is 0 Å². The SMILES string of the molecule is O=C1NC(=NC2CCCC2)S/C1=C\c1ccc(OC(F)F)cc1. The van der Waals surface area contributed by atoms with Gasteiger partial charge in [0.2, 0.25) is 0 Å². The standard InChI is InChI=1S/C16H16F2N2O2S/c17-15(18)22-12-7-5-10(6-8-12)9-13-14(21)20-16(23-13)19-11-3-1-2-4-11/h5-9,11,15H,1-4H2,(H,19,20,21)/b13-9-. The van der Waals surface area contributed by atoms with E-state index in [1.165, 1.54) is 36.7 Å². The maximum atomic E-state index is 12.1. The van der Waals surface area contributed by atoms with Crippen molar-refractivity contribution in [1.82, 2.24) is 5.32 Å². The maximum Gasteiger partial charge on any atom is 0.387 e. The highest BCUT2D eigenvalue weighted by Gasteiger charge is 2.25. The minimum Gasteiger partial charge on any atom is -0.435 e. The summed E-state index contributed by atoms with van der Waals surface area (Å²) in [4.78, 5) is 17.1. The van der Waals surface area contributed by atoms with Crippen molar-refractivity contribution >= 4 is 28.9 Å². The monoisotopic (exact) mass is 338 g/mol. The Morgan fingerprint density at radius 1 is 1.26 bits per heavy atom. The summed E-state index contributed by atoms with van der Waals surface area (Å²) in [6.07, 6.45) is 6.24. The first kappa shape index (κ1) is 16.0. The number of ether oxygens (including phenoxy) is 1. The van der Waals surface area contributed by atoms with Crippen molar-refractivity contribution in [2.24, 2.45) is 4.99 Å². The number of amidine groups is 1. The molecule has 1 saturated carbocycles. The molecule has 0 spiro atoms. The number of nitrogens with one attached hydrogen (secondary N) is 1. The maximum absolute atomic E-state index is 12.1. The Kier molecular flexibility index (Phi) is 4.95. The van der Waals surface area contributed by atoms with Gasteiger partial charge in [-0.3, -0.25) is 9.79 Å². The van der Waals surface area contributed by atoms with Gasteiger partial charge in [-0.05, 0) is 48.4 Å².